The Hall–Kier alpha value is -1.52. The van der Waals surface area contributed by atoms with Crippen LogP contribution < -0.4 is 5.32 Å². The summed E-state index contributed by atoms with van der Waals surface area (Å²) in [5.74, 6) is 0. The molecule has 2 rings (SSSR count). The van der Waals surface area contributed by atoms with Crippen molar-refractivity contribution in [1.29, 1.82) is 0 Å². The van der Waals surface area contributed by atoms with Crippen LogP contribution in [0.15, 0.2) is 47.4 Å². The van der Waals surface area contributed by atoms with Crippen LogP contribution in [0.4, 0.5) is 5.69 Å². The zero-order valence-electron chi connectivity index (χ0n) is 11.4. The van der Waals surface area contributed by atoms with Gasteiger partial charge in [-0.05, 0) is 24.6 Å². The molecule has 2 aromatic carbocycles. The van der Waals surface area contributed by atoms with E-state index in [1.165, 1.54) is 5.56 Å². The Bertz CT molecular complexity index is 726. The van der Waals surface area contributed by atoms with Gasteiger partial charge < -0.3 is 5.32 Å². The zero-order chi connectivity index (χ0) is 14.8. The second kappa shape index (κ2) is 5.85. The van der Waals surface area contributed by atoms with E-state index in [2.05, 4.69) is 11.4 Å². The molecule has 2 aromatic rings. The molecule has 0 saturated carbocycles. The number of aryl methyl sites for hydroxylation is 1. The first-order valence-corrected chi connectivity index (χ1v) is 8.43. The quantitative estimate of drug-likeness (QED) is 0.937. The monoisotopic (exact) mass is 309 g/mol. The lowest BCUT2D eigenvalue weighted by molar-refractivity contribution is 0.602. The van der Waals surface area contributed by atoms with Gasteiger partial charge in [-0.2, -0.15) is 0 Å². The van der Waals surface area contributed by atoms with E-state index in [0.717, 1.165) is 11.8 Å². The molecule has 20 heavy (non-hydrogen) atoms. The Kier molecular flexibility index (Phi) is 4.35. The first-order valence-electron chi connectivity index (χ1n) is 6.16. The summed E-state index contributed by atoms with van der Waals surface area (Å²) in [7, 11) is -3.37. The number of nitrogens with one attached hydrogen (secondary N) is 1. The molecule has 0 aliphatic carbocycles. The maximum Gasteiger partial charge on any atom is 0.179 e. The molecule has 106 valence electrons. The third-order valence-corrected chi connectivity index (χ3v) is 4.51. The van der Waals surface area contributed by atoms with Crippen LogP contribution in [0.5, 0.6) is 0 Å². The molecular weight excluding hydrogens is 294 g/mol. The van der Waals surface area contributed by atoms with Crippen LogP contribution >= 0.6 is 11.6 Å². The van der Waals surface area contributed by atoms with E-state index in [4.69, 9.17) is 11.6 Å². The molecule has 0 unspecified atom stereocenters. The van der Waals surface area contributed by atoms with Crippen molar-refractivity contribution in [2.45, 2.75) is 18.4 Å². The van der Waals surface area contributed by atoms with Crippen LogP contribution in [-0.4, -0.2) is 14.7 Å². The van der Waals surface area contributed by atoms with Crippen LogP contribution in [0.25, 0.3) is 0 Å². The number of sulfone groups is 1. The van der Waals surface area contributed by atoms with Crippen molar-refractivity contribution < 1.29 is 8.42 Å². The van der Waals surface area contributed by atoms with E-state index < -0.39 is 9.84 Å². The predicted molar refractivity (Wildman–Crippen MR) is 83.1 cm³/mol. The Morgan fingerprint density at radius 3 is 2.50 bits per heavy atom. The summed E-state index contributed by atoms with van der Waals surface area (Å²) < 4.78 is 23.6. The number of hydrogen-bond acceptors (Lipinski definition) is 3. The lowest BCUT2D eigenvalue weighted by Crippen LogP contribution is -2.07. The summed E-state index contributed by atoms with van der Waals surface area (Å²) in [5.41, 5.74) is 2.78. The summed E-state index contributed by atoms with van der Waals surface area (Å²) in [6, 6.07) is 13.1. The third kappa shape index (κ3) is 3.52. The molecule has 0 heterocycles. The maximum atomic E-state index is 11.8. The van der Waals surface area contributed by atoms with Crippen molar-refractivity contribution >= 4 is 27.1 Å². The maximum absolute atomic E-state index is 11.8. The number of hydrogen-bond donors (Lipinski definition) is 1. The van der Waals surface area contributed by atoms with Crippen LogP contribution in [0.1, 0.15) is 11.1 Å². The van der Waals surface area contributed by atoms with Gasteiger partial charge in [0.1, 0.15) is 4.90 Å². The fourth-order valence-electron chi connectivity index (χ4n) is 2.04. The summed E-state index contributed by atoms with van der Waals surface area (Å²) in [6.45, 7) is 2.56. The lowest BCUT2D eigenvalue weighted by atomic mass is 10.1. The minimum absolute atomic E-state index is 0.148. The van der Waals surface area contributed by atoms with E-state index in [0.29, 0.717) is 12.2 Å². The fourth-order valence-corrected chi connectivity index (χ4v) is 3.60. The normalized spacial score (nSPS) is 11.3. The van der Waals surface area contributed by atoms with E-state index in [-0.39, 0.29) is 9.92 Å². The Labute approximate surface area is 124 Å². The number of halogens is 1. The standard InChI is InChI=1S/C15H16ClNO2S/c1-11-5-3-6-12(9-11)10-17-14-8-4-7-13(16)15(14)20(2,18)19/h3-9,17H,10H2,1-2H3. The number of benzene rings is 2. The molecule has 0 spiro atoms. The summed E-state index contributed by atoms with van der Waals surface area (Å²) >= 11 is 6.00. The van der Waals surface area contributed by atoms with Crippen molar-refractivity contribution in [3.63, 3.8) is 0 Å². The van der Waals surface area contributed by atoms with Gasteiger partial charge in [-0.25, -0.2) is 8.42 Å². The Morgan fingerprint density at radius 1 is 1.15 bits per heavy atom. The fraction of sp³-hybridized carbons (Fsp3) is 0.200. The highest BCUT2D eigenvalue weighted by Gasteiger charge is 2.17. The summed E-state index contributed by atoms with van der Waals surface area (Å²) in [5, 5.41) is 3.38. The zero-order valence-corrected chi connectivity index (χ0v) is 12.9. The van der Waals surface area contributed by atoms with Gasteiger partial charge in [-0.3, -0.25) is 0 Å². The molecule has 1 N–H and O–H groups in total. The lowest BCUT2D eigenvalue weighted by Gasteiger charge is -2.12. The second-order valence-electron chi connectivity index (χ2n) is 4.73. The van der Waals surface area contributed by atoms with Gasteiger partial charge in [0.15, 0.2) is 9.84 Å². The van der Waals surface area contributed by atoms with Crippen molar-refractivity contribution in [3.05, 3.63) is 58.6 Å². The molecule has 0 atom stereocenters. The van der Waals surface area contributed by atoms with Crippen LogP contribution in [-0.2, 0) is 16.4 Å². The van der Waals surface area contributed by atoms with Crippen molar-refractivity contribution in [3.8, 4) is 0 Å². The van der Waals surface area contributed by atoms with Crippen LogP contribution in [0.3, 0.4) is 0 Å². The van der Waals surface area contributed by atoms with Gasteiger partial charge >= 0.3 is 0 Å². The summed E-state index contributed by atoms with van der Waals surface area (Å²) in [4.78, 5) is 0.148. The van der Waals surface area contributed by atoms with E-state index in [1.54, 1.807) is 18.2 Å². The second-order valence-corrected chi connectivity index (χ2v) is 7.09. The average Bonchev–Trinajstić information content (AvgIpc) is 2.35. The van der Waals surface area contributed by atoms with Gasteiger partial charge in [0.2, 0.25) is 0 Å². The molecular formula is C15H16ClNO2S. The minimum atomic E-state index is -3.37. The minimum Gasteiger partial charge on any atom is -0.380 e. The predicted octanol–water partition coefficient (Wildman–Crippen LogP) is 3.66. The number of anilines is 1. The molecule has 0 aliphatic heterocycles. The molecule has 0 saturated heterocycles. The van der Waals surface area contributed by atoms with Gasteiger partial charge in [0.25, 0.3) is 0 Å². The smallest absolute Gasteiger partial charge is 0.179 e. The highest BCUT2D eigenvalue weighted by Crippen LogP contribution is 2.29. The molecule has 5 heteroatoms. The van der Waals surface area contributed by atoms with Gasteiger partial charge in [-0.1, -0.05) is 47.5 Å². The molecule has 0 aliphatic rings. The van der Waals surface area contributed by atoms with Gasteiger partial charge in [0.05, 0.1) is 10.7 Å². The third-order valence-electron chi connectivity index (χ3n) is 2.90. The topological polar surface area (TPSA) is 46.2 Å². The molecule has 3 nitrogen and oxygen atoms in total. The molecule has 0 radical (unpaired) electrons. The highest BCUT2D eigenvalue weighted by molar-refractivity contribution is 7.91. The Balaban J connectivity index is 2.29. The summed E-state index contributed by atoms with van der Waals surface area (Å²) in [6.07, 6.45) is 1.16. The number of rotatable bonds is 4. The van der Waals surface area contributed by atoms with Crippen molar-refractivity contribution in [2.24, 2.45) is 0 Å². The molecule has 0 amide bonds. The van der Waals surface area contributed by atoms with E-state index >= 15 is 0 Å². The van der Waals surface area contributed by atoms with Gasteiger partial charge in [0, 0.05) is 12.8 Å². The van der Waals surface area contributed by atoms with Crippen LogP contribution in [0.2, 0.25) is 5.02 Å². The van der Waals surface area contributed by atoms with E-state index in [1.807, 2.05) is 25.1 Å². The molecule has 0 fully saturated rings. The SMILES string of the molecule is Cc1cccc(CNc2cccc(Cl)c2S(C)(=O)=O)c1. The first kappa shape index (κ1) is 14.9. The molecule has 0 bridgehead atoms. The van der Waals surface area contributed by atoms with Crippen LogP contribution in [0, 0.1) is 6.92 Å². The van der Waals surface area contributed by atoms with Gasteiger partial charge in [-0.15, -0.1) is 0 Å². The van der Waals surface area contributed by atoms with Crippen molar-refractivity contribution in [2.75, 3.05) is 11.6 Å². The van der Waals surface area contributed by atoms with E-state index in [9.17, 15) is 8.42 Å². The highest BCUT2D eigenvalue weighted by atomic mass is 35.5. The Morgan fingerprint density at radius 2 is 1.85 bits per heavy atom. The average molecular weight is 310 g/mol. The first-order chi connectivity index (χ1) is 9.38. The van der Waals surface area contributed by atoms with Crippen molar-refractivity contribution in [1.82, 2.24) is 0 Å². The largest absolute Gasteiger partial charge is 0.380 e. The molecule has 0 aromatic heterocycles.